The Balaban J connectivity index is 2.01. The van der Waals surface area contributed by atoms with Crippen LogP contribution in [0.1, 0.15) is 30.1 Å². The number of nitrogen functional groups attached to an aromatic ring is 1. The molecule has 2 rings (SSSR count). The van der Waals surface area contributed by atoms with E-state index in [0.29, 0.717) is 29.1 Å². The molecule has 0 saturated carbocycles. The van der Waals surface area contributed by atoms with Crippen molar-refractivity contribution in [3.63, 3.8) is 0 Å². The number of ether oxygens (including phenoxy) is 2. The van der Waals surface area contributed by atoms with Crippen LogP contribution < -0.4 is 11.1 Å². The second kappa shape index (κ2) is 6.56. The van der Waals surface area contributed by atoms with Crippen LogP contribution in [0, 0.1) is 5.92 Å². The number of nitrogens with zero attached hydrogens (tertiary/aromatic N) is 1. The number of anilines is 2. The van der Waals surface area contributed by atoms with E-state index in [1.807, 2.05) is 0 Å². The fourth-order valence-corrected chi connectivity index (χ4v) is 2.46. The molecule has 2 heterocycles. The van der Waals surface area contributed by atoms with Crippen molar-refractivity contribution in [3.8, 4) is 0 Å². The van der Waals surface area contributed by atoms with Gasteiger partial charge in [0, 0.05) is 19.1 Å². The average Bonchev–Trinajstić information content (AvgIpc) is 2.93. The third-order valence-corrected chi connectivity index (χ3v) is 3.63. The molecule has 0 bridgehead atoms. The molecule has 1 aromatic heterocycles. The first-order valence-corrected chi connectivity index (χ1v) is 6.85. The van der Waals surface area contributed by atoms with Crippen molar-refractivity contribution in [2.24, 2.45) is 5.92 Å². The summed E-state index contributed by atoms with van der Waals surface area (Å²) in [6.45, 7) is 3.71. The topological polar surface area (TPSA) is 86.5 Å². The number of pyridine rings is 1. The van der Waals surface area contributed by atoms with Crippen molar-refractivity contribution in [1.29, 1.82) is 0 Å². The van der Waals surface area contributed by atoms with Crippen LogP contribution in [0.25, 0.3) is 0 Å². The van der Waals surface area contributed by atoms with Gasteiger partial charge in [0.15, 0.2) is 0 Å². The van der Waals surface area contributed by atoms with Crippen molar-refractivity contribution in [2.75, 3.05) is 31.3 Å². The van der Waals surface area contributed by atoms with Crippen molar-refractivity contribution in [2.45, 2.75) is 25.9 Å². The van der Waals surface area contributed by atoms with Gasteiger partial charge in [-0.2, -0.15) is 0 Å². The van der Waals surface area contributed by atoms with Crippen molar-refractivity contribution < 1.29 is 14.3 Å². The number of nitrogens with one attached hydrogen (secondary N) is 1. The monoisotopic (exact) mass is 279 g/mol. The zero-order valence-corrected chi connectivity index (χ0v) is 11.9. The molecular weight excluding hydrogens is 258 g/mol. The number of aromatic nitrogens is 1. The standard InChI is InChI=1S/C14H21N3O3/c1-3-12-9(4-5-20-12)7-16-13-6-10(14(18)19-2)11(15)8-17-13/h6,8-9,12H,3-5,7,15H2,1-2H3,(H,16,17). The average molecular weight is 279 g/mol. The largest absolute Gasteiger partial charge is 0.465 e. The third-order valence-electron chi connectivity index (χ3n) is 3.63. The summed E-state index contributed by atoms with van der Waals surface area (Å²) in [5, 5.41) is 3.24. The van der Waals surface area contributed by atoms with E-state index in [1.54, 1.807) is 6.07 Å². The molecule has 1 fully saturated rings. The Labute approximate surface area is 118 Å². The van der Waals surface area contributed by atoms with Crippen LogP contribution in [0.3, 0.4) is 0 Å². The lowest BCUT2D eigenvalue weighted by molar-refractivity contribution is 0.0602. The molecule has 1 aliphatic heterocycles. The Kier molecular flexibility index (Phi) is 4.79. The quantitative estimate of drug-likeness (QED) is 0.797. The van der Waals surface area contributed by atoms with Gasteiger partial charge in [0.05, 0.1) is 30.7 Å². The van der Waals surface area contributed by atoms with Gasteiger partial charge >= 0.3 is 5.97 Å². The zero-order chi connectivity index (χ0) is 14.5. The Bertz CT molecular complexity index is 479. The van der Waals surface area contributed by atoms with Gasteiger partial charge in [-0.1, -0.05) is 6.92 Å². The van der Waals surface area contributed by atoms with Crippen LogP contribution in [-0.4, -0.2) is 37.3 Å². The Morgan fingerprint density at radius 3 is 3.15 bits per heavy atom. The lowest BCUT2D eigenvalue weighted by Crippen LogP contribution is -2.23. The normalized spacial score (nSPS) is 21.7. The van der Waals surface area contributed by atoms with E-state index in [-0.39, 0.29) is 0 Å². The maximum Gasteiger partial charge on any atom is 0.340 e. The lowest BCUT2D eigenvalue weighted by Gasteiger charge is -2.17. The minimum absolute atomic E-state index is 0.302. The first-order chi connectivity index (χ1) is 9.65. The highest BCUT2D eigenvalue weighted by Gasteiger charge is 2.26. The molecule has 3 N–H and O–H groups in total. The van der Waals surface area contributed by atoms with E-state index in [0.717, 1.165) is 26.0 Å². The molecule has 0 spiro atoms. The summed E-state index contributed by atoms with van der Waals surface area (Å²) in [7, 11) is 1.33. The molecule has 2 unspecified atom stereocenters. The Morgan fingerprint density at radius 1 is 1.65 bits per heavy atom. The van der Waals surface area contributed by atoms with Crippen molar-refractivity contribution in [3.05, 3.63) is 17.8 Å². The van der Waals surface area contributed by atoms with Gasteiger partial charge in [-0.3, -0.25) is 0 Å². The van der Waals surface area contributed by atoms with Crippen LogP contribution in [0.2, 0.25) is 0 Å². The molecule has 2 atom stereocenters. The number of esters is 1. The summed E-state index contributed by atoms with van der Waals surface area (Å²) in [5.41, 5.74) is 6.37. The minimum Gasteiger partial charge on any atom is -0.465 e. The molecule has 1 aromatic rings. The van der Waals surface area contributed by atoms with Gasteiger partial charge in [0.25, 0.3) is 0 Å². The van der Waals surface area contributed by atoms with Gasteiger partial charge in [0.1, 0.15) is 5.82 Å². The summed E-state index contributed by atoms with van der Waals surface area (Å²) in [4.78, 5) is 15.8. The maximum atomic E-state index is 11.6. The molecule has 1 aliphatic rings. The molecule has 110 valence electrons. The smallest absolute Gasteiger partial charge is 0.340 e. The van der Waals surface area contributed by atoms with Crippen molar-refractivity contribution in [1.82, 2.24) is 4.98 Å². The molecule has 0 aromatic carbocycles. The lowest BCUT2D eigenvalue weighted by atomic mass is 10.00. The summed E-state index contributed by atoms with van der Waals surface area (Å²) < 4.78 is 10.3. The van der Waals surface area contributed by atoms with Gasteiger partial charge in [-0.15, -0.1) is 0 Å². The van der Waals surface area contributed by atoms with E-state index in [9.17, 15) is 4.79 Å². The number of nitrogens with two attached hydrogens (primary N) is 1. The van der Waals surface area contributed by atoms with Crippen molar-refractivity contribution >= 4 is 17.5 Å². The Hall–Kier alpha value is -1.82. The number of hydrogen-bond acceptors (Lipinski definition) is 6. The summed E-state index contributed by atoms with van der Waals surface area (Å²) in [6.07, 6.45) is 3.83. The predicted molar refractivity (Wildman–Crippen MR) is 76.6 cm³/mol. The number of carbonyl (C=O) groups is 1. The molecule has 6 nitrogen and oxygen atoms in total. The van der Waals surface area contributed by atoms with E-state index in [2.05, 4.69) is 22.0 Å². The molecular formula is C14H21N3O3. The van der Waals surface area contributed by atoms with E-state index >= 15 is 0 Å². The highest BCUT2D eigenvalue weighted by molar-refractivity contribution is 5.95. The first kappa shape index (κ1) is 14.6. The van der Waals surface area contributed by atoms with Gasteiger partial charge in [0.2, 0.25) is 0 Å². The van der Waals surface area contributed by atoms with E-state index < -0.39 is 5.97 Å². The van der Waals surface area contributed by atoms with Gasteiger partial charge < -0.3 is 20.5 Å². The third kappa shape index (κ3) is 3.19. The molecule has 0 amide bonds. The van der Waals surface area contributed by atoms with E-state index in [1.165, 1.54) is 13.3 Å². The Morgan fingerprint density at radius 2 is 2.45 bits per heavy atom. The highest BCUT2D eigenvalue weighted by Crippen LogP contribution is 2.24. The summed E-state index contributed by atoms with van der Waals surface area (Å²) in [5.74, 6) is 0.644. The molecule has 1 saturated heterocycles. The highest BCUT2D eigenvalue weighted by atomic mass is 16.5. The fourth-order valence-electron chi connectivity index (χ4n) is 2.46. The second-order valence-corrected chi connectivity index (χ2v) is 4.90. The number of hydrogen-bond donors (Lipinski definition) is 2. The number of rotatable bonds is 5. The van der Waals surface area contributed by atoms with Crippen LogP contribution in [0.5, 0.6) is 0 Å². The number of methoxy groups -OCH3 is 1. The van der Waals surface area contributed by atoms with Crippen LogP contribution in [-0.2, 0) is 9.47 Å². The summed E-state index contributed by atoms with van der Waals surface area (Å²) in [6, 6.07) is 1.62. The van der Waals surface area contributed by atoms with Crippen LogP contribution >= 0.6 is 0 Å². The minimum atomic E-state index is -0.455. The van der Waals surface area contributed by atoms with E-state index in [4.69, 9.17) is 10.5 Å². The van der Waals surface area contributed by atoms with Crippen LogP contribution in [0.4, 0.5) is 11.5 Å². The molecule has 20 heavy (non-hydrogen) atoms. The number of carbonyl (C=O) groups excluding carboxylic acids is 1. The fraction of sp³-hybridized carbons (Fsp3) is 0.571. The predicted octanol–water partition coefficient (Wildman–Crippen LogP) is 1.68. The zero-order valence-electron chi connectivity index (χ0n) is 11.9. The second-order valence-electron chi connectivity index (χ2n) is 4.90. The maximum absolute atomic E-state index is 11.6. The molecule has 0 aliphatic carbocycles. The first-order valence-electron chi connectivity index (χ1n) is 6.85. The molecule has 6 heteroatoms. The molecule has 0 radical (unpaired) electrons. The van der Waals surface area contributed by atoms with Crippen LogP contribution in [0.15, 0.2) is 12.3 Å². The van der Waals surface area contributed by atoms with Gasteiger partial charge in [-0.25, -0.2) is 9.78 Å². The SMILES string of the molecule is CCC1OCCC1CNc1cc(C(=O)OC)c(N)cn1. The summed E-state index contributed by atoms with van der Waals surface area (Å²) >= 11 is 0. The van der Waals surface area contributed by atoms with Gasteiger partial charge in [-0.05, 0) is 18.9 Å².